The summed E-state index contributed by atoms with van der Waals surface area (Å²) >= 11 is 0. The van der Waals surface area contributed by atoms with Gasteiger partial charge in [-0.2, -0.15) is 18.3 Å². The number of hydrogen-bond acceptors (Lipinski definition) is 6. The smallest absolute Gasteiger partial charge is 0.410 e. The van der Waals surface area contributed by atoms with Crippen LogP contribution in [0.2, 0.25) is 0 Å². The number of aromatic hydroxyl groups is 1. The monoisotopic (exact) mass is 462 g/mol. The van der Waals surface area contributed by atoms with E-state index in [9.17, 15) is 23.1 Å². The number of nitrogens with zero attached hydrogens (tertiary/aromatic N) is 2. The van der Waals surface area contributed by atoms with Gasteiger partial charge in [-0.3, -0.25) is 4.79 Å². The molecule has 4 rings (SSSR count). The zero-order valence-electron chi connectivity index (χ0n) is 17.7. The highest BCUT2D eigenvalue weighted by Gasteiger charge is 2.47. The van der Waals surface area contributed by atoms with Crippen LogP contribution in [0.25, 0.3) is 0 Å². The second-order valence-electron chi connectivity index (χ2n) is 7.46. The summed E-state index contributed by atoms with van der Waals surface area (Å²) in [5.41, 5.74) is 0.769. The Balaban J connectivity index is 1.70. The summed E-state index contributed by atoms with van der Waals surface area (Å²) in [6.07, 6.45) is -3.83. The average Bonchev–Trinajstić information content (AvgIpc) is 3.21. The molecule has 1 amide bonds. The molecule has 0 aliphatic carbocycles. The number of aromatic nitrogens is 2. The number of halogens is 3. The van der Waals surface area contributed by atoms with Crippen LogP contribution in [0.5, 0.6) is 17.2 Å². The molecular formula is C22H21F3N4O4. The third-order valence-corrected chi connectivity index (χ3v) is 5.40. The van der Waals surface area contributed by atoms with Crippen LogP contribution in [0, 0.1) is 0 Å². The van der Waals surface area contributed by atoms with Gasteiger partial charge in [0.05, 0.1) is 26.5 Å². The van der Waals surface area contributed by atoms with Crippen molar-refractivity contribution in [3.8, 4) is 17.2 Å². The number of ether oxygens (including phenoxy) is 2. The predicted molar refractivity (Wildman–Crippen MR) is 114 cm³/mol. The number of carbonyl (C=O) groups is 1. The third kappa shape index (κ3) is 4.38. The van der Waals surface area contributed by atoms with E-state index in [4.69, 9.17) is 9.47 Å². The second-order valence-corrected chi connectivity index (χ2v) is 7.46. The maximum Gasteiger partial charge on any atom is 0.410 e. The summed E-state index contributed by atoms with van der Waals surface area (Å²) < 4.78 is 53.0. The highest BCUT2D eigenvalue weighted by molar-refractivity contribution is 6.07. The zero-order chi connectivity index (χ0) is 23.8. The molecule has 2 aromatic carbocycles. The number of phenols is 1. The van der Waals surface area contributed by atoms with Gasteiger partial charge in [-0.1, -0.05) is 12.1 Å². The Hall–Kier alpha value is -3.89. The van der Waals surface area contributed by atoms with Gasteiger partial charge in [0.2, 0.25) is 0 Å². The van der Waals surface area contributed by atoms with Crippen molar-refractivity contribution in [3.63, 3.8) is 0 Å². The van der Waals surface area contributed by atoms with Crippen LogP contribution in [-0.2, 0) is 0 Å². The van der Waals surface area contributed by atoms with E-state index in [0.29, 0.717) is 22.7 Å². The lowest BCUT2D eigenvalue weighted by Crippen LogP contribution is -2.36. The molecule has 3 aromatic rings. The minimum atomic E-state index is -4.59. The second kappa shape index (κ2) is 8.57. The van der Waals surface area contributed by atoms with Gasteiger partial charge in [0.1, 0.15) is 17.1 Å². The first-order chi connectivity index (χ1) is 15.7. The van der Waals surface area contributed by atoms with Crippen molar-refractivity contribution in [2.75, 3.05) is 24.9 Å². The molecule has 8 nitrogen and oxygen atoms in total. The summed E-state index contributed by atoms with van der Waals surface area (Å²) in [7, 11) is 2.90. The number of benzene rings is 2. The van der Waals surface area contributed by atoms with Gasteiger partial charge in [-0.25, -0.2) is 4.68 Å². The molecule has 0 fully saturated rings. The first-order valence-corrected chi connectivity index (χ1v) is 9.94. The largest absolute Gasteiger partial charge is 0.508 e. The molecule has 0 bridgehead atoms. The number of rotatable bonds is 5. The van der Waals surface area contributed by atoms with Gasteiger partial charge in [0.25, 0.3) is 5.91 Å². The Morgan fingerprint density at radius 1 is 1.18 bits per heavy atom. The molecule has 1 aromatic heterocycles. The van der Waals surface area contributed by atoms with Crippen molar-refractivity contribution in [2.24, 2.45) is 0 Å². The topological polar surface area (TPSA) is 97.6 Å². The van der Waals surface area contributed by atoms with E-state index in [-0.39, 0.29) is 23.6 Å². The van der Waals surface area contributed by atoms with Gasteiger partial charge < -0.3 is 25.2 Å². The Morgan fingerprint density at radius 2 is 1.94 bits per heavy atom. The summed E-state index contributed by atoms with van der Waals surface area (Å²) in [6, 6.07) is 7.98. The number of carbonyl (C=O) groups excluding carboxylic acids is 1. The summed E-state index contributed by atoms with van der Waals surface area (Å²) in [4.78, 5) is 12.8. The first kappa shape index (κ1) is 22.3. The summed E-state index contributed by atoms with van der Waals surface area (Å²) in [5.74, 6) is 0.0415. The van der Waals surface area contributed by atoms with Crippen LogP contribution in [0.1, 0.15) is 34.4 Å². The number of nitrogens with one attached hydrogen (secondary N) is 2. The van der Waals surface area contributed by atoms with Crippen molar-refractivity contribution >= 4 is 17.4 Å². The van der Waals surface area contributed by atoms with E-state index in [2.05, 4.69) is 15.7 Å². The molecule has 0 radical (unpaired) electrons. The maximum absolute atomic E-state index is 13.9. The van der Waals surface area contributed by atoms with Crippen LogP contribution < -0.4 is 20.1 Å². The molecule has 2 atom stereocenters. The fourth-order valence-electron chi connectivity index (χ4n) is 3.80. The van der Waals surface area contributed by atoms with E-state index in [0.717, 1.165) is 10.9 Å². The van der Waals surface area contributed by atoms with Crippen LogP contribution in [0.3, 0.4) is 0 Å². The molecule has 3 N–H and O–H groups in total. The summed E-state index contributed by atoms with van der Waals surface area (Å²) in [5, 5.41) is 19.0. The van der Waals surface area contributed by atoms with E-state index in [1.807, 2.05) is 0 Å². The number of methoxy groups -OCH3 is 2. The van der Waals surface area contributed by atoms with E-state index in [1.54, 1.807) is 24.3 Å². The number of phenolic OH excluding ortho intramolecular Hbond substituents is 1. The van der Waals surface area contributed by atoms with Crippen LogP contribution >= 0.6 is 0 Å². The van der Waals surface area contributed by atoms with Crippen LogP contribution in [0.4, 0.5) is 24.7 Å². The number of alkyl halides is 3. The quantitative estimate of drug-likeness (QED) is 0.516. The molecule has 33 heavy (non-hydrogen) atoms. The predicted octanol–water partition coefficient (Wildman–Crippen LogP) is 4.52. The Kier molecular flexibility index (Phi) is 5.79. The van der Waals surface area contributed by atoms with E-state index < -0.39 is 24.2 Å². The van der Waals surface area contributed by atoms with Gasteiger partial charge in [-0.05, 0) is 29.8 Å². The molecule has 1 aliphatic heterocycles. The minimum Gasteiger partial charge on any atom is -0.508 e. The highest BCUT2D eigenvalue weighted by atomic mass is 19.4. The van der Waals surface area contributed by atoms with Crippen molar-refractivity contribution in [3.05, 3.63) is 59.8 Å². The Labute approximate surface area is 186 Å². The van der Waals surface area contributed by atoms with Crippen molar-refractivity contribution < 1.29 is 32.5 Å². The van der Waals surface area contributed by atoms with Gasteiger partial charge in [0, 0.05) is 18.2 Å². The van der Waals surface area contributed by atoms with Gasteiger partial charge in [-0.15, -0.1) is 0 Å². The van der Waals surface area contributed by atoms with E-state index in [1.165, 1.54) is 32.4 Å². The molecule has 0 unspecified atom stereocenters. The lowest BCUT2D eigenvalue weighted by Gasteiger charge is -2.34. The molecule has 174 valence electrons. The minimum absolute atomic E-state index is 0.0546. The van der Waals surface area contributed by atoms with Crippen molar-refractivity contribution in [1.29, 1.82) is 0 Å². The maximum atomic E-state index is 13.9. The fourth-order valence-corrected chi connectivity index (χ4v) is 3.80. The van der Waals surface area contributed by atoms with Gasteiger partial charge in [0.15, 0.2) is 17.5 Å². The SMILES string of the molecule is COc1ccc([C@H]2C[C@@H](C(F)(F)F)n3ncc(C(=O)Nc4cccc(O)c4)c3N2)cc1OC. The Morgan fingerprint density at radius 3 is 2.61 bits per heavy atom. The number of fused-ring (bicyclic) bond motifs is 1. The molecule has 0 spiro atoms. The normalized spacial score (nSPS) is 17.6. The van der Waals surface area contributed by atoms with Gasteiger partial charge >= 0.3 is 6.18 Å². The van der Waals surface area contributed by atoms with E-state index >= 15 is 0 Å². The Bertz CT molecular complexity index is 1180. The first-order valence-electron chi connectivity index (χ1n) is 9.94. The fraction of sp³-hybridized carbons (Fsp3) is 0.273. The summed E-state index contributed by atoms with van der Waals surface area (Å²) in [6.45, 7) is 0. The van der Waals surface area contributed by atoms with Crippen LogP contribution in [-0.4, -0.2) is 41.2 Å². The molecule has 11 heteroatoms. The standard InChI is InChI=1S/C22H21F3N4O4/c1-32-17-7-6-12(8-18(17)33-2)16-10-19(22(23,24)25)29-20(28-16)15(11-26-29)21(31)27-13-4-3-5-14(30)9-13/h3-9,11,16,19,28,30H,10H2,1-2H3,(H,27,31)/t16-,19+/m1/s1. The number of hydrogen-bond donors (Lipinski definition) is 3. The number of amides is 1. The molecule has 1 aliphatic rings. The lowest BCUT2D eigenvalue weighted by molar-refractivity contribution is -0.173. The zero-order valence-corrected chi connectivity index (χ0v) is 17.7. The lowest BCUT2D eigenvalue weighted by atomic mass is 9.96. The molecule has 0 saturated carbocycles. The average molecular weight is 462 g/mol. The van der Waals surface area contributed by atoms with Crippen molar-refractivity contribution in [1.82, 2.24) is 9.78 Å². The van der Waals surface area contributed by atoms with Crippen LogP contribution in [0.15, 0.2) is 48.7 Å². The number of anilines is 2. The molecule has 2 heterocycles. The molecule has 0 saturated heterocycles. The van der Waals surface area contributed by atoms with Crippen molar-refractivity contribution in [2.45, 2.75) is 24.7 Å². The highest BCUT2D eigenvalue weighted by Crippen LogP contribution is 2.45. The molecular weight excluding hydrogens is 441 g/mol. The third-order valence-electron chi connectivity index (χ3n) is 5.40.